The van der Waals surface area contributed by atoms with E-state index in [1.54, 1.807) is 11.2 Å². The summed E-state index contributed by atoms with van der Waals surface area (Å²) in [6, 6.07) is 4.40. The molecular formula is C21H35IN4O2. The number of hydrogen-bond acceptors (Lipinski definition) is 3. The smallest absolute Gasteiger partial charge is 0.230 e. The van der Waals surface area contributed by atoms with Crippen molar-refractivity contribution in [3.05, 3.63) is 24.2 Å². The van der Waals surface area contributed by atoms with Gasteiger partial charge in [-0.25, -0.2) is 0 Å². The number of rotatable bonds is 7. The number of furan rings is 1. The predicted octanol–water partition coefficient (Wildman–Crippen LogP) is 3.57. The number of nitrogens with one attached hydrogen (secondary N) is 2. The summed E-state index contributed by atoms with van der Waals surface area (Å²) in [5.41, 5.74) is -0.325. The van der Waals surface area contributed by atoms with Gasteiger partial charge in [-0.1, -0.05) is 25.7 Å². The zero-order chi connectivity index (χ0) is 19.1. The highest BCUT2D eigenvalue weighted by Crippen LogP contribution is 2.39. The van der Waals surface area contributed by atoms with Crippen LogP contribution in [0, 0.1) is 5.41 Å². The number of aliphatic imine (C=N–C) groups is 1. The highest BCUT2D eigenvalue weighted by atomic mass is 127. The first kappa shape index (κ1) is 23.0. The SMILES string of the molecule is CN(C)C(=O)C1(CN=C(NCCc2ccco2)NC2CCCC2)CCCC1.I. The van der Waals surface area contributed by atoms with Crippen LogP contribution in [0.3, 0.4) is 0 Å². The molecule has 158 valence electrons. The Morgan fingerprint density at radius 1 is 1.25 bits per heavy atom. The van der Waals surface area contributed by atoms with Gasteiger partial charge in [0.05, 0.1) is 18.2 Å². The fourth-order valence-electron chi connectivity index (χ4n) is 4.37. The molecule has 0 aliphatic heterocycles. The number of carbonyl (C=O) groups is 1. The van der Waals surface area contributed by atoms with Crippen molar-refractivity contribution < 1.29 is 9.21 Å². The molecule has 0 aromatic carbocycles. The molecule has 0 saturated heterocycles. The highest BCUT2D eigenvalue weighted by Gasteiger charge is 2.42. The number of amides is 1. The van der Waals surface area contributed by atoms with Crippen LogP contribution in [0.2, 0.25) is 0 Å². The van der Waals surface area contributed by atoms with Crippen LogP contribution >= 0.6 is 24.0 Å². The maximum Gasteiger partial charge on any atom is 0.230 e. The van der Waals surface area contributed by atoms with Gasteiger partial charge in [-0.3, -0.25) is 9.79 Å². The third-order valence-electron chi connectivity index (χ3n) is 5.90. The van der Waals surface area contributed by atoms with Gasteiger partial charge in [0.25, 0.3) is 0 Å². The topological polar surface area (TPSA) is 69.9 Å². The summed E-state index contributed by atoms with van der Waals surface area (Å²) >= 11 is 0. The van der Waals surface area contributed by atoms with Crippen molar-refractivity contribution in [1.29, 1.82) is 0 Å². The molecule has 0 spiro atoms. The van der Waals surface area contributed by atoms with Crippen molar-refractivity contribution in [2.75, 3.05) is 27.2 Å². The van der Waals surface area contributed by atoms with Crippen molar-refractivity contribution in [2.45, 2.75) is 63.8 Å². The van der Waals surface area contributed by atoms with Crippen LogP contribution < -0.4 is 10.6 Å². The van der Waals surface area contributed by atoms with E-state index in [1.807, 2.05) is 26.2 Å². The molecule has 1 aromatic heterocycles. The summed E-state index contributed by atoms with van der Waals surface area (Å²) < 4.78 is 5.41. The third kappa shape index (κ3) is 6.12. The molecule has 0 unspecified atom stereocenters. The molecule has 2 aliphatic rings. The fourth-order valence-corrected chi connectivity index (χ4v) is 4.37. The molecule has 2 fully saturated rings. The number of carbonyl (C=O) groups excluding carboxylic acids is 1. The number of hydrogen-bond donors (Lipinski definition) is 2. The lowest BCUT2D eigenvalue weighted by Crippen LogP contribution is -2.45. The van der Waals surface area contributed by atoms with Crippen molar-refractivity contribution in [3.63, 3.8) is 0 Å². The van der Waals surface area contributed by atoms with E-state index in [-0.39, 0.29) is 35.3 Å². The van der Waals surface area contributed by atoms with Crippen LogP contribution in [0.5, 0.6) is 0 Å². The van der Waals surface area contributed by atoms with Gasteiger partial charge >= 0.3 is 0 Å². The van der Waals surface area contributed by atoms with E-state index < -0.39 is 0 Å². The normalized spacial score (nSPS) is 19.3. The van der Waals surface area contributed by atoms with E-state index in [0.29, 0.717) is 12.6 Å². The maximum absolute atomic E-state index is 12.8. The minimum absolute atomic E-state index is 0. The van der Waals surface area contributed by atoms with E-state index >= 15 is 0 Å². The summed E-state index contributed by atoms with van der Waals surface area (Å²) in [7, 11) is 3.71. The average molecular weight is 502 g/mol. The van der Waals surface area contributed by atoms with Gasteiger partial charge in [0.2, 0.25) is 5.91 Å². The third-order valence-corrected chi connectivity index (χ3v) is 5.90. The van der Waals surface area contributed by atoms with Crippen LogP contribution in [-0.2, 0) is 11.2 Å². The molecule has 2 aliphatic carbocycles. The monoisotopic (exact) mass is 502 g/mol. The largest absolute Gasteiger partial charge is 0.469 e. The quantitative estimate of drug-likeness (QED) is 0.340. The van der Waals surface area contributed by atoms with Crippen LogP contribution in [0.15, 0.2) is 27.8 Å². The van der Waals surface area contributed by atoms with Gasteiger partial charge < -0.3 is 20.0 Å². The molecule has 0 radical (unpaired) electrons. The highest BCUT2D eigenvalue weighted by molar-refractivity contribution is 14.0. The van der Waals surface area contributed by atoms with Crippen LogP contribution in [0.4, 0.5) is 0 Å². The van der Waals surface area contributed by atoms with Gasteiger partial charge in [-0.15, -0.1) is 24.0 Å². The van der Waals surface area contributed by atoms with Gasteiger partial charge in [-0.2, -0.15) is 0 Å². The van der Waals surface area contributed by atoms with Gasteiger partial charge in [0.1, 0.15) is 5.76 Å². The molecule has 0 atom stereocenters. The van der Waals surface area contributed by atoms with E-state index in [1.165, 1.54) is 25.7 Å². The molecule has 1 heterocycles. The van der Waals surface area contributed by atoms with Crippen molar-refractivity contribution >= 4 is 35.8 Å². The molecule has 1 amide bonds. The Morgan fingerprint density at radius 2 is 1.96 bits per heavy atom. The van der Waals surface area contributed by atoms with E-state index in [2.05, 4.69) is 10.6 Å². The summed E-state index contributed by atoms with van der Waals surface area (Å²) in [6.45, 7) is 1.33. The first-order valence-electron chi connectivity index (χ1n) is 10.4. The minimum atomic E-state index is -0.325. The molecule has 3 rings (SSSR count). The predicted molar refractivity (Wildman–Crippen MR) is 123 cm³/mol. The van der Waals surface area contributed by atoms with Crippen LogP contribution in [-0.4, -0.2) is 50.0 Å². The van der Waals surface area contributed by atoms with Gasteiger partial charge in [0.15, 0.2) is 5.96 Å². The summed E-state index contributed by atoms with van der Waals surface area (Å²) in [4.78, 5) is 19.4. The second kappa shape index (κ2) is 11.1. The molecule has 2 saturated carbocycles. The van der Waals surface area contributed by atoms with Crippen molar-refractivity contribution in [2.24, 2.45) is 10.4 Å². The first-order chi connectivity index (χ1) is 13.1. The Bertz CT molecular complexity index is 618. The number of guanidine groups is 1. The van der Waals surface area contributed by atoms with E-state index in [9.17, 15) is 4.79 Å². The molecular weight excluding hydrogens is 467 g/mol. The Kier molecular flexibility index (Phi) is 9.11. The number of halogens is 1. The molecule has 6 nitrogen and oxygen atoms in total. The van der Waals surface area contributed by atoms with Crippen molar-refractivity contribution in [3.8, 4) is 0 Å². The lowest BCUT2D eigenvalue weighted by Gasteiger charge is -2.29. The van der Waals surface area contributed by atoms with Crippen LogP contribution in [0.25, 0.3) is 0 Å². The average Bonchev–Trinajstić information content (AvgIpc) is 3.41. The second-order valence-corrected chi connectivity index (χ2v) is 8.23. The Hall–Kier alpha value is -1.25. The lowest BCUT2D eigenvalue weighted by atomic mass is 9.85. The zero-order valence-corrected chi connectivity index (χ0v) is 19.5. The molecule has 1 aromatic rings. The first-order valence-corrected chi connectivity index (χ1v) is 10.4. The Balaban J connectivity index is 0.00000280. The molecule has 2 N–H and O–H groups in total. The van der Waals surface area contributed by atoms with Crippen LogP contribution in [0.1, 0.15) is 57.1 Å². The van der Waals surface area contributed by atoms with Gasteiger partial charge in [-0.05, 0) is 37.8 Å². The van der Waals surface area contributed by atoms with E-state index in [0.717, 1.165) is 50.4 Å². The standard InChI is InChI=1S/C21H34N4O2.HI/c1-25(2)19(26)21(12-5-6-13-21)16-23-20(24-17-8-3-4-9-17)22-14-11-18-10-7-15-27-18;/h7,10,15,17H,3-6,8-9,11-14,16H2,1-2H3,(H2,22,23,24);1H. The molecule has 0 bridgehead atoms. The van der Waals surface area contributed by atoms with E-state index in [4.69, 9.17) is 9.41 Å². The maximum atomic E-state index is 12.8. The second-order valence-electron chi connectivity index (χ2n) is 8.23. The summed E-state index contributed by atoms with van der Waals surface area (Å²) in [5, 5.41) is 7.04. The summed E-state index contributed by atoms with van der Waals surface area (Å²) in [5.74, 6) is 2.03. The minimum Gasteiger partial charge on any atom is -0.469 e. The van der Waals surface area contributed by atoms with Gasteiger partial charge in [0, 0.05) is 33.1 Å². The zero-order valence-electron chi connectivity index (χ0n) is 17.2. The van der Waals surface area contributed by atoms with Crippen molar-refractivity contribution in [1.82, 2.24) is 15.5 Å². The fraction of sp³-hybridized carbons (Fsp3) is 0.714. The molecule has 28 heavy (non-hydrogen) atoms. The Labute approximate surface area is 185 Å². The Morgan fingerprint density at radius 3 is 2.57 bits per heavy atom. The summed E-state index contributed by atoms with van der Waals surface area (Å²) in [6.07, 6.45) is 11.6. The lowest BCUT2D eigenvalue weighted by molar-refractivity contribution is -0.138. The molecule has 7 heteroatoms. The number of nitrogens with zero attached hydrogens (tertiary/aromatic N) is 2.